The van der Waals surface area contributed by atoms with Crippen molar-refractivity contribution in [2.24, 2.45) is 0 Å². The summed E-state index contributed by atoms with van der Waals surface area (Å²) in [6.07, 6.45) is 3.13. The van der Waals surface area contributed by atoms with E-state index in [1.807, 2.05) is 34.9 Å². The SMILES string of the molecule is Nc1ncnc2c1ncn2CCNC(=S)Nc1ccccc1. The first-order valence-corrected chi connectivity index (χ1v) is 7.16. The third-order valence-corrected chi connectivity index (χ3v) is 3.35. The number of anilines is 2. The zero-order valence-electron chi connectivity index (χ0n) is 11.7. The summed E-state index contributed by atoms with van der Waals surface area (Å²) in [5.74, 6) is 0.387. The average Bonchev–Trinajstić information content (AvgIpc) is 2.93. The highest BCUT2D eigenvalue weighted by molar-refractivity contribution is 7.80. The minimum absolute atomic E-state index is 0.387. The van der Waals surface area contributed by atoms with E-state index in [1.165, 1.54) is 6.33 Å². The Kier molecular flexibility index (Phi) is 4.10. The number of nitrogen functional groups attached to an aromatic ring is 1. The molecule has 8 heteroatoms. The van der Waals surface area contributed by atoms with E-state index in [2.05, 4.69) is 25.6 Å². The maximum absolute atomic E-state index is 5.76. The lowest BCUT2D eigenvalue weighted by atomic mass is 10.3. The van der Waals surface area contributed by atoms with Gasteiger partial charge in [0.1, 0.15) is 11.8 Å². The molecule has 0 bridgehead atoms. The second kappa shape index (κ2) is 6.35. The van der Waals surface area contributed by atoms with E-state index in [4.69, 9.17) is 18.0 Å². The predicted molar refractivity (Wildman–Crippen MR) is 90.4 cm³/mol. The van der Waals surface area contributed by atoms with Crippen molar-refractivity contribution >= 4 is 40.0 Å². The number of imidazole rings is 1. The van der Waals surface area contributed by atoms with Crippen LogP contribution in [0.25, 0.3) is 11.2 Å². The highest BCUT2D eigenvalue weighted by Gasteiger charge is 2.07. The lowest BCUT2D eigenvalue weighted by Gasteiger charge is -2.10. The van der Waals surface area contributed by atoms with Crippen LogP contribution in [-0.2, 0) is 6.54 Å². The Morgan fingerprint density at radius 2 is 2.00 bits per heavy atom. The maximum atomic E-state index is 5.76. The number of aromatic nitrogens is 4. The normalized spacial score (nSPS) is 10.5. The molecule has 112 valence electrons. The number of thiocarbonyl (C=S) groups is 1. The minimum atomic E-state index is 0.387. The van der Waals surface area contributed by atoms with E-state index in [-0.39, 0.29) is 0 Å². The molecule has 2 heterocycles. The van der Waals surface area contributed by atoms with E-state index in [0.29, 0.717) is 29.5 Å². The molecule has 4 N–H and O–H groups in total. The second-order valence-electron chi connectivity index (χ2n) is 4.62. The summed E-state index contributed by atoms with van der Waals surface area (Å²) in [6.45, 7) is 1.32. The van der Waals surface area contributed by atoms with Gasteiger partial charge in [0, 0.05) is 18.8 Å². The highest BCUT2D eigenvalue weighted by atomic mass is 32.1. The van der Waals surface area contributed by atoms with Crippen molar-refractivity contribution in [2.45, 2.75) is 6.54 Å². The summed E-state index contributed by atoms with van der Waals surface area (Å²) < 4.78 is 1.91. The summed E-state index contributed by atoms with van der Waals surface area (Å²) in [4.78, 5) is 12.3. The van der Waals surface area contributed by atoms with Crippen molar-refractivity contribution in [3.8, 4) is 0 Å². The minimum Gasteiger partial charge on any atom is -0.382 e. The third-order valence-electron chi connectivity index (χ3n) is 3.10. The molecule has 3 rings (SSSR count). The lowest BCUT2D eigenvalue weighted by molar-refractivity contribution is 0.687. The van der Waals surface area contributed by atoms with Gasteiger partial charge in [-0.05, 0) is 24.4 Å². The van der Waals surface area contributed by atoms with Crippen molar-refractivity contribution in [3.05, 3.63) is 43.0 Å². The molecule has 22 heavy (non-hydrogen) atoms. The molecule has 0 saturated heterocycles. The summed E-state index contributed by atoms with van der Waals surface area (Å²) in [5.41, 5.74) is 8.05. The van der Waals surface area contributed by atoms with Gasteiger partial charge in [-0.1, -0.05) is 18.2 Å². The molecule has 1 aromatic carbocycles. The summed E-state index contributed by atoms with van der Waals surface area (Å²) >= 11 is 5.25. The third kappa shape index (κ3) is 3.12. The first-order valence-electron chi connectivity index (χ1n) is 6.75. The van der Waals surface area contributed by atoms with Crippen molar-refractivity contribution in [1.82, 2.24) is 24.8 Å². The molecule has 0 aliphatic rings. The summed E-state index contributed by atoms with van der Waals surface area (Å²) in [5, 5.41) is 6.84. The van der Waals surface area contributed by atoms with Crippen LogP contribution in [0.3, 0.4) is 0 Å². The number of hydrogen-bond acceptors (Lipinski definition) is 5. The molecule has 2 aromatic heterocycles. The summed E-state index contributed by atoms with van der Waals surface area (Å²) in [7, 11) is 0. The first-order chi connectivity index (χ1) is 10.7. The summed E-state index contributed by atoms with van der Waals surface area (Å²) in [6, 6.07) is 9.77. The fourth-order valence-electron chi connectivity index (χ4n) is 2.05. The maximum Gasteiger partial charge on any atom is 0.170 e. The average molecular weight is 313 g/mol. The zero-order chi connectivity index (χ0) is 15.4. The Morgan fingerprint density at radius 3 is 2.82 bits per heavy atom. The number of para-hydroxylation sites is 1. The van der Waals surface area contributed by atoms with Crippen molar-refractivity contribution < 1.29 is 0 Å². The fourth-order valence-corrected chi connectivity index (χ4v) is 2.27. The van der Waals surface area contributed by atoms with Crippen LogP contribution in [0, 0.1) is 0 Å². The molecule has 0 aliphatic carbocycles. The molecule has 0 aliphatic heterocycles. The topological polar surface area (TPSA) is 93.7 Å². The van der Waals surface area contributed by atoms with Gasteiger partial charge in [-0.3, -0.25) is 0 Å². The first kappa shape index (κ1) is 14.2. The zero-order valence-corrected chi connectivity index (χ0v) is 12.5. The smallest absolute Gasteiger partial charge is 0.170 e. The van der Waals surface area contributed by atoms with Crippen molar-refractivity contribution in [2.75, 3.05) is 17.6 Å². The van der Waals surface area contributed by atoms with Crippen LogP contribution in [0.4, 0.5) is 11.5 Å². The molecule has 3 aromatic rings. The number of nitrogens with one attached hydrogen (secondary N) is 2. The number of nitrogens with two attached hydrogens (primary N) is 1. The second-order valence-corrected chi connectivity index (χ2v) is 5.02. The Balaban J connectivity index is 1.56. The molecule has 7 nitrogen and oxygen atoms in total. The largest absolute Gasteiger partial charge is 0.382 e. The van der Waals surface area contributed by atoms with E-state index in [9.17, 15) is 0 Å². The molecular weight excluding hydrogens is 298 g/mol. The van der Waals surface area contributed by atoms with Gasteiger partial charge >= 0.3 is 0 Å². The molecule has 0 spiro atoms. The van der Waals surface area contributed by atoms with E-state index < -0.39 is 0 Å². The van der Waals surface area contributed by atoms with Gasteiger partial charge in [-0.2, -0.15) is 0 Å². The predicted octanol–water partition coefficient (Wildman–Crippen LogP) is 1.40. The molecule has 0 atom stereocenters. The standard InChI is InChI=1S/C14H15N7S/c15-12-11-13(18-8-17-12)21(9-19-11)7-6-16-14(22)20-10-4-2-1-3-5-10/h1-5,8-9H,6-7H2,(H2,15,17,18)(H2,16,20,22). The highest BCUT2D eigenvalue weighted by Crippen LogP contribution is 2.13. The number of rotatable bonds is 4. The van der Waals surface area contributed by atoms with E-state index in [0.717, 1.165) is 11.3 Å². The Hall–Kier alpha value is -2.74. The van der Waals surface area contributed by atoms with Crippen molar-refractivity contribution in [1.29, 1.82) is 0 Å². The van der Waals surface area contributed by atoms with Crippen LogP contribution >= 0.6 is 12.2 Å². The van der Waals surface area contributed by atoms with Crippen LogP contribution in [0.15, 0.2) is 43.0 Å². The van der Waals surface area contributed by atoms with Crippen LogP contribution in [-0.4, -0.2) is 31.2 Å². The number of fused-ring (bicyclic) bond motifs is 1. The number of benzene rings is 1. The van der Waals surface area contributed by atoms with Gasteiger partial charge < -0.3 is 20.9 Å². The van der Waals surface area contributed by atoms with Gasteiger partial charge in [0.05, 0.1) is 6.33 Å². The molecule has 0 amide bonds. The van der Waals surface area contributed by atoms with Gasteiger partial charge in [0.15, 0.2) is 16.6 Å². The van der Waals surface area contributed by atoms with Crippen LogP contribution in [0.2, 0.25) is 0 Å². The Bertz CT molecular complexity index is 784. The quantitative estimate of drug-likeness (QED) is 0.627. The lowest BCUT2D eigenvalue weighted by Crippen LogP contribution is -2.31. The molecule has 0 unspecified atom stereocenters. The van der Waals surface area contributed by atoms with Crippen LogP contribution in [0.5, 0.6) is 0 Å². The van der Waals surface area contributed by atoms with Gasteiger partial charge in [-0.15, -0.1) is 0 Å². The van der Waals surface area contributed by atoms with Crippen LogP contribution in [0.1, 0.15) is 0 Å². The van der Waals surface area contributed by atoms with Gasteiger partial charge in [0.2, 0.25) is 0 Å². The van der Waals surface area contributed by atoms with E-state index >= 15 is 0 Å². The monoisotopic (exact) mass is 313 g/mol. The molecule has 0 fully saturated rings. The Labute approximate surface area is 132 Å². The molecule has 0 radical (unpaired) electrons. The Morgan fingerprint density at radius 1 is 1.18 bits per heavy atom. The van der Waals surface area contributed by atoms with Gasteiger partial charge in [0.25, 0.3) is 0 Å². The van der Waals surface area contributed by atoms with Gasteiger partial charge in [-0.25, -0.2) is 15.0 Å². The number of nitrogens with zero attached hydrogens (tertiary/aromatic N) is 4. The molecular formula is C14H15N7S. The molecule has 0 saturated carbocycles. The van der Waals surface area contributed by atoms with Crippen LogP contribution < -0.4 is 16.4 Å². The van der Waals surface area contributed by atoms with Crippen molar-refractivity contribution in [3.63, 3.8) is 0 Å². The fraction of sp³-hybridized carbons (Fsp3) is 0.143. The van der Waals surface area contributed by atoms with E-state index in [1.54, 1.807) is 6.33 Å². The number of hydrogen-bond donors (Lipinski definition) is 3.